The molecule has 174 valence electrons. The van der Waals surface area contributed by atoms with Crippen LogP contribution in [-0.2, 0) is 26.0 Å². The van der Waals surface area contributed by atoms with Gasteiger partial charge in [-0.25, -0.2) is 8.42 Å². The van der Waals surface area contributed by atoms with Crippen LogP contribution in [0.1, 0.15) is 19.8 Å². The van der Waals surface area contributed by atoms with E-state index in [1.807, 2.05) is 6.92 Å². The third-order valence-corrected chi connectivity index (χ3v) is 7.27. The lowest BCUT2D eigenvalue weighted by atomic mass is 10.2. The van der Waals surface area contributed by atoms with Crippen molar-refractivity contribution in [3.05, 3.63) is 54.7 Å². The van der Waals surface area contributed by atoms with Crippen LogP contribution >= 0.6 is 0 Å². The van der Waals surface area contributed by atoms with Crippen LogP contribution in [0, 0.1) is 0 Å². The summed E-state index contributed by atoms with van der Waals surface area (Å²) in [5.74, 6) is -0.945. The monoisotopic (exact) mass is 469 g/mol. The number of benzene rings is 2. The van der Waals surface area contributed by atoms with E-state index in [0.717, 1.165) is 25.9 Å². The van der Waals surface area contributed by atoms with E-state index in [-0.39, 0.29) is 17.3 Å². The summed E-state index contributed by atoms with van der Waals surface area (Å²) in [6, 6.07) is 13.9. The first-order valence-corrected chi connectivity index (χ1v) is 12.6. The van der Waals surface area contributed by atoms with Gasteiger partial charge in [0.15, 0.2) is 9.84 Å². The van der Waals surface area contributed by atoms with Crippen molar-refractivity contribution in [3.63, 3.8) is 0 Å². The number of rotatable bonds is 8. The Kier molecular flexibility index (Phi) is 6.69. The summed E-state index contributed by atoms with van der Waals surface area (Å²) in [4.78, 5) is 27.1. The van der Waals surface area contributed by atoms with E-state index in [4.69, 9.17) is 4.74 Å². The van der Waals surface area contributed by atoms with Gasteiger partial charge in [0.1, 0.15) is 18.0 Å². The summed E-state index contributed by atoms with van der Waals surface area (Å²) < 4.78 is 33.6. The van der Waals surface area contributed by atoms with Gasteiger partial charge < -0.3 is 19.5 Å². The molecule has 2 heterocycles. The number of nitrogens with one attached hydrogen (secondary N) is 1. The molecule has 1 fully saturated rings. The third-order valence-electron chi connectivity index (χ3n) is 5.63. The Balaban J connectivity index is 1.57. The third kappa shape index (κ3) is 5.03. The van der Waals surface area contributed by atoms with Gasteiger partial charge in [-0.2, -0.15) is 0 Å². The normalized spacial score (nSPS) is 13.9. The number of amides is 2. The molecule has 2 amide bonds. The van der Waals surface area contributed by atoms with Crippen LogP contribution in [-0.4, -0.2) is 55.1 Å². The van der Waals surface area contributed by atoms with Crippen molar-refractivity contribution in [1.82, 2.24) is 9.47 Å². The summed E-state index contributed by atoms with van der Waals surface area (Å²) in [5, 5.41) is 3.13. The standard InChI is InChI=1S/C24H27N3O5S/c1-2-32-21-12-6-4-10-19(21)25-23(28)17-33(30,31)22-15-27(20-11-5-3-9-18(20)22)16-24(29)26-13-7-8-14-26/h3-6,9-12,15H,2,7-8,13-14,16-17H2,1H3,(H,25,28). The van der Waals surface area contributed by atoms with Crippen molar-refractivity contribution >= 4 is 38.2 Å². The van der Waals surface area contributed by atoms with E-state index in [2.05, 4.69) is 5.32 Å². The molecule has 1 saturated heterocycles. The van der Waals surface area contributed by atoms with Crippen molar-refractivity contribution in [3.8, 4) is 5.75 Å². The van der Waals surface area contributed by atoms with Crippen LogP contribution in [0.5, 0.6) is 5.75 Å². The fourth-order valence-corrected chi connectivity index (χ4v) is 5.46. The highest BCUT2D eigenvalue weighted by Gasteiger charge is 2.26. The number of hydrogen-bond donors (Lipinski definition) is 1. The van der Waals surface area contributed by atoms with Crippen LogP contribution in [0.3, 0.4) is 0 Å². The molecule has 9 heteroatoms. The summed E-state index contributed by atoms with van der Waals surface area (Å²) in [7, 11) is -3.96. The van der Waals surface area contributed by atoms with Crippen molar-refractivity contribution in [2.75, 3.05) is 30.8 Å². The maximum absolute atomic E-state index is 13.2. The Morgan fingerprint density at radius 1 is 1.03 bits per heavy atom. The quantitative estimate of drug-likeness (QED) is 0.547. The second-order valence-electron chi connectivity index (χ2n) is 7.96. The van der Waals surface area contributed by atoms with Gasteiger partial charge in [0, 0.05) is 30.2 Å². The summed E-state index contributed by atoms with van der Waals surface area (Å²) in [6.45, 7) is 3.76. The molecule has 33 heavy (non-hydrogen) atoms. The largest absolute Gasteiger partial charge is 0.492 e. The molecule has 1 aliphatic heterocycles. The number of sulfone groups is 1. The molecule has 8 nitrogen and oxygen atoms in total. The smallest absolute Gasteiger partial charge is 0.242 e. The SMILES string of the molecule is CCOc1ccccc1NC(=O)CS(=O)(=O)c1cn(CC(=O)N2CCCC2)c2ccccc12. The van der Waals surface area contributed by atoms with Crippen molar-refractivity contribution in [2.24, 2.45) is 0 Å². The zero-order valence-corrected chi connectivity index (χ0v) is 19.3. The summed E-state index contributed by atoms with van der Waals surface area (Å²) in [5.41, 5.74) is 1.06. The van der Waals surface area contributed by atoms with Crippen LogP contribution < -0.4 is 10.1 Å². The minimum atomic E-state index is -3.96. The zero-order valence-electron chi connectivity index (χ0n) is 18.5. The van der Waals surface area contributed by atoms with Gasteiger partial charge in [0.25, 0.3) is 0 Å². The number of carbonyl (C=O) groups excluding carboxylic acids is 2. The predicted octanol–water partition coefficient (Wildman–Crippen LogP) is 3.07. The maximum Gasteiger partial charge on any atom is 0.242 e. The van der Waals surface area contributed by atoms with Crippen LogP contribution in [0.2, 0.25) is 0 Å². The highest BCUT2D eigenvalue weighted by molar-refractivity contribution is 7.92. The van der Waals surface area contributed by atoms with Gasteiger partial charge in [0.2, 0.25) is 11.8 Å². The number of hydrogen-bond acceptors (Lipinski definition) is 5. The van der Waals surface area contributed by atoms with Crippen molar-refractivity contribution in [1.29, 1.82) is 0 Å². The van der Waals surface area contributed by atoms with E-state index in [9.17, 15) is 18.0 Å². The molecule has 0 spiro atoms. The topological polar surface area (TPSA) is 97.7 Å². The number of nitrogens with zero attached hydrogens (tertiary/aromatic N) is 2. The summed E-state index contributed by atoms with van der Waals surface area (Å²) >= 11 is 0. The van der Waals surface area contributed by atoms with Crippen molar-refractivity contribution in [2.45, 2.75) is 31.2 Å². The molecule has 2 aromatic carbocycles. The lowest BCUT2D eigenvalue weighted by molar-refractivity contribution is -0.130. The van der Waals surface area contributed by atoms with Gasteiger partial charge in [-0.15, -0.1) is 0 Å². The maximum atomic E-state index is 13.2. The highest BCUT2D eigenvalue weighted by Crippen LogP contribution is 2.28. The lowest BCUT2D eigenvalue weighted by Gasteiger charge is -2.15. The molecule has 1 aliphatic rings. The summed E-state index contributed by atoms with van der Waals surface area (Å²) in [6.07, 6.45) is 3.44. The van der Waals surface area contributed by atoms with Gasteiger partial charge in [-0.05, 0) is 38.0 Å². The number of para-hydroxylation sites is 3. The molecule has 0 saturated carbocycles. The first-order chi connectivity index (χ1) is 15.9. The molecule has 0 bridgehead atoms. The molecule has 0 aliphatic carbocycles. The number of ether oxygens (including phenoxy) is 1. The predicted molar refractivity (Wildman–Crippen MR) is 126 cm³/mol. The fraction of sp³-hybridized carbons (Fsp3) is 0.333. The Bertz CT molecular complexity index is 1280. The van der Waals surface area contributed by atoms with Crippen LogP contribution in [0.15, 0.2) is 59.6 Å². The van der Waals surface area contributed by atoms with Crippen LogP contribution in [0.25, 0.3) is 10.9 Å². The number of carbonyl (C=O) groups is 2. The zero-order chi connectivity index (χ0) is 23.4. The van der Waals surface area contributed by atoms with Gasteiger partial charge in [-0.1, -0.05) is 30.3 Å². The fourth-order valence-electron chi connectivity index (χ4n) is 4.09. The molecule has 1 N–H and O–H groups in total. The van der Waals surface area contributed by atoms with Gasteiger partial charge in [-0.3, -0.25) is 9.59 Å². The molecule has 0 unspecified atom stereocenters. The number of fused-ring (bicyclic) bond motifs is 1. The van der Waals surface area contributed by atoms with Gasteiger partial charge in [0.05, 0.1) is 17.2 Å². The second-order valence-corrected chi connectivity index (χ2v) is 9.92. The minimum Gasteiger partial charge on any atom is -0.492 e. The average Bonchev–Trinajstić information content (AvgIpc) is 3.44. The Labute approximate surface area is 193 Å². The Morgan fingerprint density at radius 3 is 2.48 bits per heavy atom. The first-order valence-electron chi connectivity index (χ1n) is 11.0. The van der Waals surface area contributed by atoms with E-state index in [1.165, 1.54) is 6.20 Å². The second kappa shape index (κ2) is 9.66. The Hall–Kier alpha value is -3.33. The molecule has 3 aromatic rings. The number of anilines is 1. The van der Waals surface area contributed by atoms with E-state index < -0.39 is 21.5 Å². The minimum absolute atomic E-state index is 0.0394. The van der Waals surface area contributed by atoms with Crippen LogP contribution in [0.4, 0.5) is 5.69 Å². The molecular formula is C24H27N3O5S. The van der Waals surface area contributed by atoms with E-state index in [0.29, 0.717) is 28.9 Å². The molecule has 0 radical (unpaired) electrons. The molecule has 0 atom stereocenters. The highest BCUT2D eigenvalue weighted by atomic mass is 32.2. The molecular weight excluding hydrogens is 442 g/mol. The van der Waals surface area contributed by atoms with E-state index in [1.54, 1.807) is 58.0 Å². The molecule has 4 rings (SSSR count). The Morgan fingerprint density at radius 2 is 1.73 bits per heavy atom. The average molecular weight is 470 g/mol. The lowest BCUT2D eigenvalue weighted by Crippen LogP contribution is -2.30. The number of likely N-dealkylation sites (tertiary alicyclic amines) is 1. The first kappa shape index (κ1) is 22.8. The van der Waals surface area contributed by atoms with Crippen molar-refractivity contribution < 1.29 is 22.7 Å². The number of aromatic nitrogens is 1. The van der Waals surface area contributed by atoms with E-state index >= 15 is 0 Å². The molecule has 1 aromatic heterocycles. The van der Waals surface area contributed by atoms with Gasteiger partial charge >= 0.3 is 0 Å².